The van der Waals surface area contributed by atoms with Crippen molar-refractivity contribution in [1.29, 1.82) is 0 Å². The van der Waals surface area contributed by atoms with Crippen molar-refractivity contribution in [3.8, 4) is 11.1 Å². The molecule has 0 saturated carbocycles. The molecule has 1 unspecified atom stereocenters. The van der Waals surface area contributed by atoms with Crippen LogP contribution < -0.4 is 24.8 Å². The van der Waals surface area contributed by atoms with Crippen LogP contribution in [0.15, 0.2) is 56.9 Å². The number of fused-ring (bicyclic) bond motifs is 3. The molecule has 4 rings (SSSR count). The third-order valence-electron chi connectivity index (χ3n) is 7.93. The van der Waals surface area contributed by atoms with Crippen LogP contribution in [0.25, 0.3) is 11.1 Å². The number of halogens is 2. The van der Waals surface area contributed by atoms with Gasteiger partial charge in [-0.15, -0.1) is 0 Å². The minimum Gasteiger partial charge on any atom is -1.00 e. The van der Waals surface area contributed by atoms with Gasteiger partial charge in [-0.05, 0) is 0 Å². The number of rotatable bonds is 2. The molecular formula is C33H44Cl2Zr. The van der Waals surface area contributed by atoms with E-state index in [1.54, 1.807) is 14.4 Å². The Labute approximate surface area is 241 Å². The summed E-state index contributed by atoms with van der Waals surface area (Å²) >= 11 is -2.28. The van der Waals surface area contributed by atoms with Crippen molar-refractivity contribution >= 4 is 4.21 Å². The quantitative estimate of drug-likeness (QED) is 0.495. The van der Waals surface area contributed by atoms with Gasteiger partial charge in [0.25, 0.3) is 0 Å². The molecular weight excluding hydrogens is 558 g/mol. The summed E-state index contributed by atoms with van der Waals surface area (Å²) < 4.78 is 7.28. The Hall–Kier alpha value is -0.747. The fourth-order valence-corrected chi connectivity index (χ4v) is 13.0. The summed E-state index contributed by atoms with van der Waals surface area (Å²) in [6.45, 7) is 25.8. The molecule has 0 amide bonds. The molecule has 0 bridgehead atoms. The van der Waals surface area contributed by atoms with Gasteiger partial charge >= 0.3 is 218 Å². The van der Waals surface area contributed by atoms with Gasteiger partial charge in [-0.1, -0.05) is 0 Å². The first kappa shape index (κ1) is 31.5. The predicted octanol–water partition coefficient (Wildman–Crippen LogP) is 3.31. The zero-order valence-corrected chi connectivity index (χ0v) is 28.1. The molecule has 0 aromatic heterocycles. The maximum Gasteiger partial charge on any atom is -1.00 e. The molecule has 36 heavy (non-hydrogen) atoms. The molecule has 0 radical (unpaired) electrons. The second-order valence-corrected chi connectivity index (χ2v) is 19.0. The number of benzene rings is 2. The minimum absolute atomic E-state index is 0. The molecule has 0 nitrogen and oxygen atoms in total. The Morgan fingerprint density at radius 2 is 1.11 bits per heavy atom. The standard InChI is InChI=1S/C21H25.C11H17.CH2.2ClH.Zr/c1-20(2,3)16-9-7-14-11-15-8-10-17(21(4,5)6)13-19(15)18(14)12-16;1-8-6-9(2)10(7-8)11(3,4)5;;;;/h7-13H,1-6H3;7-8H,1-5H3;1H2;2*1H;/q;;;;;+2/p-2. The van der Waals surface area contributed by atoms with Gasteiger partial charge in [0, 0.05) is 0 Å². The topological polar surface area (TPSA) is 0 Å². The molecule has 0 spiro atoms. The van der Waals surface area contributed by atoms with Crippen molar-refractivity contribution in [2.75, 3.05) is 0 Å². The van der Waals surface area contributed by atoms with E-state index in [2.05, 4.69) is 119 Å². The van der Waals surface area contributed by atoms with Crippen molar-refractivity contribution in [3.05, 3.63) is 79.2 Å². The normalized spacial score (nSPS) is 17.5. The largest absolute Gasteiger partial charge is 1.00 e. The van der Waals surface area contributed by atoms with E-state index < -0.39 is 21.3 Å². The summed E-state index contributed by atoms with van der Waals surface area (Å²) in [6.07, 6.45) is 2.54. The molecule has 2 aliphatic carbocycles. The van der Waals surface area contributed by atoms with Crippen molar-refractivity contribution < 1.29 is 46.1 Å². The van der Waals surface area contributed by atoms with Gasteiger partial charge in [-0.2, -0.15) is 0 Å². The van der Waals surface area contributed by atoms with Crippen LogP contribution in [0.5, 0.6) is 0 Å². The zero-order chi connectivity index (χ0) is 25.4. The van der Waals surface area contributed by atoms with Crippen molar-refractivity contribution in [1.82, 2.24) is 0 Å². The molecule has 2 aromatic rings. The summed E-state index contributed by atoms with van der Waals surface area (Å²) in [7, 11) is 0. The average molecular weight is 603 g/mol. The summed E-state index contributed by atoms with van der Waals surface area (Å²) in [5, 5.41) is 0. The Bertz CT molecular complexity index is 1180. The first-order valence-electron chi connectivity index (χ1n) is 12.9. The maximum absolute atomic E-state index is 5.06. The van der Waals surface area contributed by atoms with Gasteiger partial charge in [-0.3, -0.25) is 0 Å². The number of hydrogen-bond donors (Lipinski definition) is 0. The van der Waals surface area contributed by atoms with E-state index in [1.807, 2.05) is 0 Å². The Morgan fingerprint density at radius 3 is 1.44 bits per heavy atom. The Kier molecular flexibility index (Phi) is 9.12. The average Bonchev–Trinajstić information content (AvgIpc) is 3.19. The van der Waals surface area contributed by atoms with Gasteiger partial charge in [0.15, 0.2) is 0 Å². The van der Waals surface area contributed by atoms with E-state index in [0.29, 0.717) is 9.54 Å². The third-order valence-corrected chi connectivity index (χ3v) is 14.9. The van der Waals surface area contributed by atoms with Gasteiger partial charge < -0.3 is 24.8 Å². The fraction of sp³-hybridized carbons (Fsp3) is 0.485. The maximum atomic E-state index is 5.06. The van der Waals surface area contributed by atoms with E-state index >= 15 is 0 Å². The van der Waals surface area contributed by atoms with E-state index in [4.69, 9.17) is 4.21 Å². The van der Waals surface area contributed by atoms with Crippen LogP contribution in [0.3, 0.4) is 0 Å². The molecule has 1 atom stereocenters. The molecule has 2 aliphatic rings. The summed E-state index contributed by atoms with van der Waals surface area (Å²) in [6, 6.07) is 14.7. The van der Waals surface area contributed by atoms with E-state index in [-0.39, 0.29) is 41.1 Å². The van der Waals surface area contributed by atoms with E-state index in [9.17, 15) is 0 Å². The van der Waals surface area contributed by atoms with Gasteiger partial charge in [0.05, 0.1) is 0 Å². The zero-order valence-electron chi connectivity index (χ0n) is 24.2. The van der Waals surface area contributed by atoms with Crippen molar-refractivity contribution in [2.45, 2.75) is 90.6 Å². The van der Waals surface area contributed by atoms with Gasteiger partial charge in [0.1, 0.15) is 0 Å². The smallest absolute Gasteiger partial charge is 1.00 e. The predicted molar refractivity (Wildman–Crippen MR) is 148 cm³/mol. The first-order chi connectivity index (χ1) is 15.5. The Balaban J connectivity index is 0.00000228. The summed E-state index contributed by atoms with van der Waals surface area (Å²) in [5.41, 5.74) is 12.4. The van der Waals surface area contributed by atoms with Crippen molar-refractivity contribution in [3.63, 3.8) is 0 Å². The first-order valence-corrected chi connectivity index (χ1v) is 17.3. The SMILES string of the molecule is [CH2]=[Zr+2]([C]1=C(C)C(C(C)(C)C)=CC1C)[CH]1c2ccc(C(C)(C)C)cc2-c2cc(C(C)(C)C)ccc21.[Cl-].[Cl-]. The van der Waals surface area contributed by atoms with Gasteiger partial charge in [-0.25, -0.2) is 0 Å². The van der Waals surface area contributed by atoms with E-state index in [0.717, 1.165) is 0 Å². The van der Waals surface area contributed by atoms with Crippen LogP contribution in [0.2, 0.25) is 0 Å². The van der Waals surface area contributed by atoms with E-state index in [1.165, 1.54) is 33.4 Å². The van der Waals surface area contributed by atoms with Gasteiger partial charge in [0.2, 0.25) is 0 Å². The molecule has 0 N–H and O–H groups in total. The fourth-order valence-electron chi connectivity index (χ4n) is 6.00. The van der Waals surface area contributed by atoms with Crippen LogP contribution in [0.1, 0.15) is 102 Å². The second kappa shape index (κ2) is 10.4. The summed E-state index contributed by atoms with van der Waals surface area (Å²) in [5.74, 6) is 0.524. The van der Waals surface area contributed by atoms with Crippen LogP contribution in [0, 0.1) is 11.3 Å². The molecule has 194 valence electrons. The number of hydrogen-bond acceptors (Lipinski definition) is 0. The molecule has 0 heterocycles. The molecule has 2 aromatic carbocycles. The van der Waals surface area contributed by atoms with Crippen LogP contribution in [-0.2, 0) is 32.1 Å². The minimum atomic E-state index is -2.28. The van der Waals surface area contributed by atoms with Crippen LogP contribution in [-0.4, -0.2) is 4.21 Å². The molecule has 0 fully saturated rings. The third kappa shape index (κ3) is 5.51. The van der Waals surface area contributed by atoms with Crippen molar-refractivity contribution in [2.24, 2.45) is 11.3 Å². The van der Waals surface area contributed by atoms with Crippen LogP contribution in [0.4, 0.5) is 0 Å². The van der Waals surface area contributed by atoms with Crippen LogP contribution >= 0.6 is 0 Å². The summed E-state index contributed by atoms with van der Waals surface area (Å²) in [4.78, 5) is 0. The second-order valence-electron chi connectivity index (χ2n) is 13.7. The molecule has 0 aliphatic heterocycles. The monoisotopic (exact) mass is 600 g/mol. The Morgan fingerprint density at radius 1 is 0.694 bits per heavy atom. The molecule has 0 saturated heterocycles. The number of allylic oxidation sites excluding steroid dienone is 4. The molecule has 3 heteroatoms.